The lowest BCUT2D eigenvalue weighted by Crippen LogP contribution is -2.40. The molecule has 3 atom stereocenters. The molecule has 2 aliphatic heterocycles. The van der Waals surface area contributed by atoms with E-state index in [2.05, 4.69) is 41.8 Å². The summed E-state index contributed by atoms with van der Waals surface area (Å²) in [5.41, 5.74) is 1.23. The average molecular weight is 337 g/mol. The number of amides is 1. The normalized spacial score (nSPS) is 27.1. The number of piperidine rings is 1. The molecule has 128 valence electrons. The zero-order chi connectivity index (χ0) is 15.4. The largest absolute Gasteiger partial charge is 0.349 e. The molecule has 2 aliphatic rings. The highest BCUT2D eigenvalue weighted by atomic mass is 35.5. The topological polar surface area (TPSA) is 41.1 Å². The third-order valence-electron chi connectivity index (χ3n) is 5.16. The Morgan fingerprint density at radius 2 is 1.87 bits per heavy atom. The monoisotopic (exact) mass is 336 g/mol. The van der Waals surface area contributed by atoms with E-state index in [4.69, 9.17) is 0 Å². The maximum absolute atomic E-state index is 12.5. The van der Waals surface area contributed by atoms with Crippen LogP contribution in [0.3, 0.4) is 0 Å². The lowest BCUT2D eigenvalue weighted by molar-refractivity contribution is -0.123. The van der Waals surface area contributed by atoms with Crippen molar-refractivity contribution in [3.63, 3.8) is 0 Å². The first-order chi connectivity index (χ1) is 10.7. The fraction of sp³-hybridized carbons (Fsp3) is 0.632. The molecular weight excluding hydrogens is 308 g/mol. The van der Waals surface area contributed by atoms with E-state index in [0.29, 0.717) is 24.4 Å². The van der Waals surface area contributed by atoms with Crippen LogP contribution in [0.25, 0.3) is 0 Å². The number of nitrogens with one attached hydrogen (secondary N) is 2. The minimum absolute atomic E-state index is 0. The summed E-state index contributed by atoms with van der Waals surface area (Å²) in [5, 5.41) is 6.92. The van der Waals surface area contributed by atoms with E-state index in [1.165, 1.54) is 31.2 Å². The molecule has 2 N–H and O–H groups in total. The maximum atomic E-state index is 12.5. The molecule has 2 saturated heterocycles. The van der Waals surface area contributed by atoms with Crippen LogP contribution in [0.15, 0.2) is 30.3 Å². The molecule has 1 amide bonds. The van der Waals surface area contributed by atoms with E-state index in [1.807, 2.05) is 6.07 Å². The Bertz CT molecular complexity index is 481. The summed E-state index contributed by atoms with van der Waals surface area (Å²) in [5.74, 6) is 0.797. The van der Waals surface area contributed by atoms with E-state index < -0.39 is 0 Å². The minimum atomic E-state index is 0. The molecule has 3 rings (SSSR count). The smallest absolute Gasteiger partial charge is 0.220 e. The predicted molar refractivity (Wildman–Crippen MR) is 96.8 cm³/mol. The average Bonchev–Trinajstić information content (AvgIpc) is 2.86. The van der Waals surface area contributed by atoms with Gasteiger partial charge < -0.3 is 10.6 Å². The fourth-order valence-corrected chi connectivity index (χ4v) is 4.15. The molecule has 0 aromatic heterocycles. The minimum Gasteiger partial charge on any atom is -0.349 e. The van der Waals surface area contributed by atoms with Gasteiger partial charge in [0.1, 0.15) is 0 Å². The quantitative estimate of drug-likeness (QED) is 0.824. The van der Waals surface area contributed by atoms with Gasteiger partial charge in [0, 0.05) is 18.5 Å². The summed E-state index contributed by atoms with van der Waals surface area (Å²) in [6.07, 6.45) is 7.73. The molecule has 3 unspecified atom stereocenters. The Balaban J connectivity index is 0.00000192. The van der Waals surface area contributed by atoms with E-state index >= 15 is 0 Å². The van der Waals surface area contributed by atoms with E-state index in [-0.39, 0.29) is 24.4 Å². The van der Waals surface area contributed by atoms with Gasteiger partial charge in [0.2, 0.25) is 5.91 Å². The summed E-state index contributed by atoms with van der Waals surface area (Å²) in [6.45, 7) is 2.17. The van der Waals surface area contributed by atoms with Crippen LogP contribution in [-0.4, -0.2) is 18.0 Å². The number of rotatable bonds is 6. The van der Waals surface area contributed by atoms with E-state index in [1.54, 1.807) is 0 Å². The van der Waals surface area contributed by atoms with Gasteiger partial charge >= 0.3 is 0 Å². The molecule has 2 bridgehead atoms. The van der Waals surface area contributed by atoms with Gasteiger partial charge in [0.05, 0.1) is 6.04 Å². The van der Waals surface area contributed by atoms with Crippen molar-refractivity contribution >= 4 is 18.3 Å². The van der Waals surface area contributed by atoms with Gasteiger partial charge in [-0.3, -0.25) is 4.79 Å². The number of hydrogen-bond acceptors (Lipinski definition) is 2. The zero-order valence-electron chi connectivity index (χ0n) is 14.0. The highest BCUT2D eigenvalue weighted by molar-refractivity contribution is 5.85. The van der Waals surface area contributed by atoms with Gasteiger partial charge in [-0.1, -0.05) is 43.7 Å². The molecule has 0 aliphatic carbocycles. The number of carbonyl (C=O) groups is 1. The summed E-state index contributed by atoms with van der Waals surface area (Å²) < 4.78 is 0. The third kappa shape index (κ3) is 4.95. The highest BCUT2D eigenvalue weighted by Crippen LogP contribution is 2.32. The van der Waals surface area contributed by atoms with Crippen LogP contribution in [0.5, 0.6) is 0 Å². The predicted octanol–water partition coefficient (Wildman–Crippen LogP) is 3.99. The van der Waals surface area contributed by atoms with Crippen LogP contribution >= 0.6 is 12.4 Å². The molecule has 4 heteroatoms. The Labute approximate surface area is 146 Å². The molecule has 0 radical (unpaired) electrons. The van der Waals surface area contributed by atoms with Crippen molar-refractivity contribution in [1.29, 1.82) is 0 Å². The van der Waals surface area contributed by atoms with Gasteiger partial charge in [-0.15, -0.1) is 12.4 Å². The third-order valence-corrected chi connectivity index (χ3v) is 5.16. The lowest BCUT2D eigenvalue weighted by atomic mass is 9.89. The molecule has 0 spiro atoms. The first-order valence-electron chi connectivity index (χ1n) is 8.85. The Morgan fingerprint density at radius 3 is 2.48 bits per heavy atom. The summed E-state index contributed by atoms with van der Waals surface area (Å²) in [7, 11) is 0. The van der Waals surface area contributed by atoms with Gasteiger partial charge in [0.25, 0.3) is 0 Å². The van der Waals surface area contributed by atoms with Crippen molar-refractivity contribution in [3.05, 3.63) is 35.9 Å². The Morgan fingerprint density at radius 1 is 1.22 bits per heavy atom. The van der Waals surface area contributed by atoms with E-state index in [0.717, 1.165) is 12.8 Å². The number of carbonyl (C=O) groups excluding carboxylic acids is 1. The summed E-state index contributed by atoms with van der Waals surface area (Å²) in [6, 6.07) is 11.9. The van der Waals surface area contributed by atoms with Crippen LogP contribution < -0.4 is 10.6 Å². The standard InChI is InChI=1S/C19H28N2O.ClH/c1-2-6-18(15-7-4-3-5-8-15)21-19(22)13-14-11-16-9-10-17(12-14)20-16;/h3-5,7-8,14,16-18,20H,2,6,9-13H2,1H3,(H,21,22);1H. The molecule has 2 heterocycles. The molecule has 23 heavy (non-hydrogen) atoms. The molecule has 0 saturated carbocycles. The van der Waals surface area contributed by atoms with Crippen LogP contribution in [-0.2, 0) is 4.79 Å². The van der Waals surface area contributed by atoms with Crippen LogP contribution in [0, 0.1) is 5.92 Å². The Kier molecular flexibility index (Phi) is 6.91. The van der Waals surface area contributed by atoms with Crippen LogP contribution in [0.1, 0.15) is 63.5 Å². The first kappa shape index (κ1) is 18.3. The first-order valence-corrected chi connectivity index (χ1v) is 8.85. The molecule has 1 aromatic carbocycles. The van der Waals surface area contributed by atoms with Crippen molar-refractivity contribution in [1.82, 2.24) is 10.6 Å². The molecule has 1 aromatic rings. The van der Waals surface area contributed by atoms with Crippen LogP contribution in [0.2, 0.25) is 0 Å². The number of hydrogen-bond donors (Lipinski definition) is 2. The van der Waals surface area contributed by atoms with Crippen molar-refractivity contribution < 1.29 is 4.79 Å². The van der Waals surface area contributed by atoms with Gasteiger partial charge in [0.15, 0.2) is 0 Å². The second-order valence-corrected chi connectivity index (χ2v) is 7.00. The summed E-state index contributed by atoms with van der Waals surface area (Å²) >= 11 is 0. The molecular formula is C19H29ClN2O. The zero-order valence-corrected chi connectivity index (χ0v) is 14.8. The summed E-state index contributed by atoms with van der Waals surface area (Å²) in [4.78, 5) is 12.5. The van der Waals surface area contributed by atoms with Crippen molar-refractivity contribution in [2.75, 3.05) is 0 Å². The molecule has 3 nitrogen and oxygen atoms in total. The van der Waals surface area contributed by atoms with Crippen molar-refractivity contribution in [2.45, 2.75) is 70.0 Å². The van der Waals surface area contributed by atoms with Gasteiger partial charge in [-0.25, -0.2) is 0 Å². The number of fused-ring (bicyclic) bond motifs is 2. The van der Waals surface area contributed by atoms with Crippen molar-refractivity contribution in [2.24, 2.45) is 5.92 Å². The maximum Gasteiger partial charge on any atom is 0.220 e. The van der Waals surface area contributed by atoms with Crippen molar-refractivity contribution in [3.8, 4) is 0 Å². The molecule has 2 fully saturated rings. The number of halogens is 1. The second kappa shape index (κ2) is 8.70. The van der Waals surface area contributed by atoms with E-state index in [9.17, 15) is 4.79 Å². The fourth-order valence-electron chi connectivity index (χ4n) is 4.15. The van der Waals surface area contributed by atoms with Gasteiger partial charge in [-0.05, 0) is 43.6 Å². The Hall–Kier alpha value is -1.06. The lowest BCUT2D eigenvalue weighted by Gasteiger charge is -2.29. The second-order valence-electron chi connectivity index (χ2n) is 7.00. The van der Waals surface area contributed by atoms with Gasteiger partial charge in [-0.2, -0.15) is 0 Å². The number of benzene rings is 1. The SMILES string of the molecule is CCCC(NC(=O)CC1CC2CCC(C1)N2)c1ccccc1.Cl. The highest BCUT2D eigenvalue weighted by Gasteiger charge is 2.34. The van der Waals surface area contributed by atoms with Crippen LogP contribution in [0.4, 0.5) is 0 Å².